The molecule has 1 aromatic rings. The number of guanidine groups is 1. The molecule has 2 aliphatic heterocycles. The number of methoxy groups -OCH3 is 1. The number of benzene rings is 1. The molecule has 1 aromatic carbocycles. The Balaban J connectivity index is 1.72. The summed E-state index contributed by atoms with van der Waals surface area (Å²) in [6, 6.07) is 7.24. The minimum absolute atomic E-state index is 0.0119. The van der Waals surface area contributed by atoms with Gasteiger partial charge in [0.2, 0.25) is 5.96 Å². The Kier molecular flexibility index (Phi) is 4.29. The molecule has 6 nitrogen and oxygen atoms in total. The molecule has 1 fully saturated rings. The number of amides is 1. The van der Waals surface area contributed by atoms with Gasteiger partial charge in [0, 0.05) is 38.3 Å². The van der Waals surface area contributed by atoms with Crippen LogP contribution in [0.2, 0.25) is 0 Å². The SMILES string of the molecule is COc1ccc(C(=O)N2CCN=C2N2CCN(C)CC2)cc1. The zero-order chi connectivity index (χ0) is 15.5. The lowest BCUT2D eigenvalue weighted by Gasteiger charge is -2.36. The molecule has 1 saturated heterocycles. The minimum Gasteiger partial charge on any atom is -0.497 e. The number of carbonyl (C=O) groups is 1. The molecule has 0 N–H and O–H groups in total. The topological polar surface area (TPSA) is 48.4 Å². The Morgan fingerprint density at radius 2 is 1.77 bits per heavy atom. The van der Waals surface area contributed by atoms with Gasteiger partial charge in [0.1, 0.15) is 5.75 Å². The van der Waals surface area contributed by atoms with Crippen LogP contribution >= 0.6 is 0 Å². The van der Waals surface area contributed by atoms with Gasteiger partial charge in [-0.1, -0.05) is 0 Å². The van der Waals surface area contributed by atoms with E-state index in [1.165, 1.54) is 0 Å². The highest BCUT2D eigenvalue weighted by molar-refractivity contribution is 6.06. The molecule has 0 atom stereocenters. The molecule has 0 radical (unpaired) electrons. The van der Waals surface area contributed by atoms with Gasteiger partial charge in [0.05, 0.1) is 13.7 Å². The lowest BCUT2D eigenvalue weighted by molar-refractivity contribution is 0.0836. The first-order valence-electron chi connectivity index (χ1n) is 7.63. The van der Waals surface area contributed by atoms with Crippen LogP contribution in [-0.4, -0.2) is 80.0 Å². The van der Waals surface area contributed by atoms with E-state index in [1.54, 1.807) is 24.1 Å². The summed E-state index contributed by atoms with van der Waals surface area (Å²) in [5, 5.41) is 0. The van der Waals surface area contributed by atoms with Crippen LogP contribution in [0.5, 0.6) is 5.75 Å². The first kappa shape index (κ1) is 14.8. The summed E-state index contributed by atoms with van der Waals surface area (Å²) in [6.45, 7) is 5.19. The largest absolute Gasteiger partial charge is 0.497 e. The molecule has 0 aliphatic carbocycles. The van der Waals surface area contributed by atoms with Crippen LogP contribution in [0, 0.1) is 0 Å². The van der Waals surface area contributed by atoms with E-state index in [4.69, 9.17) is 4.74 Å². The lowest BCUT2D eigenvalue weighted by atomic mass is 10.2. The van der Waals surface area contributed by atoms with Crippen molar-refractivity contribution in [3.8, 4) is 5.75 Å². The van der Waals surface area contributed by atoms with Crippen LogP contribution in [0.15, 0.2) is 29.3 Å². The molecule has 2 heterocycles. The maximum atomic E-state index is 12.7. The molecule has 118 valence electrons. The Labute approximate surface area is 131 Å². The highest BCUT2D eigenvalue weighted by Gasteiger charge is 2.30. The third-order valence-corrected chi connectivity index (χ3v) is 4.19. The van der Waals surface area contributed by atoms with Crippen molar-refractivity contribution in [2.24, 2.45) is 4.99 Å². The number of likely N-dealkylation sites (N-methyl/N-ethyl adjacent to an activating group) is 1. The number of carbonyl (C=O) groups excluding carboxylic acids is 1. The molecular weight excluding hydrogens is 280 g/mol. The summed E-state index contributed by atoms with van der Waals surface area (Å²) in [5.74, 6) is 1.60. The van der Waals surface area contributed by atoms with Crippen molar-refractivity contribution < 1.29 is 9.53 Å². The van der Waals surface area contributed by atoms with E-state index in [1.807, 2.05) is 12.1 Å². The Hall–Kier alpha value is -2.08. The lowest BCUT2D eigenvalue weighted by Crippen LogP contribution is -2.52. The first-order valence-corrected chi connectivity index (χ1v) is 7.63. The number of aliphatic imine (C=N–C) groups is 1. The smallest absolute Gasteiger partial charge is 0.260 e. The quantitative estimate of drug-likeness (QED) is 0.809. The second kappa shape index (κ2) is 6.36. The van der Waals surface area contributed by atoms with Gasteiger partial charge in [-0.15, -0.1) is 0 Å². The Bertz CT molecular complexity index is 562. The zero-order valence-electron chi connectivity index (χ0n) is 13.2. The van der Waals surface area contributed by atoms with Crippen molar-refractivity contribution in [3.63, 3.8) is 0 Å². The molecule has 0 aromatic heterocycles. The number of rotatable bonds is 2. The monoisotopic (exact) mass is 302 g/mol. The zero-order valence-corrected chi connectivity index (χ0v) is 13.2. The normalized spacial score (nSPS) is 19.3. The molecule has 6 heteroatoms. The van der Waals surface area contributed by atoms with Crippen molar-refractivity contribution in [3.05, 3.63) is 29.8 Å². The summed E-state index contributed by atoms with van der Waals surface area (Å²) in [6.07, 6.45) is 0. The molecule has 0 saturated carbocycles. The molecular formula is C16H22N4O2. The third-order valence-electron chi connectivity index (χ3n) is 4.19. The van der Waals surface area contributed by atoms with Crippen LogP contribution in [0.25, 0.3) is 0 Å². The van der Waals surface area contributed by atoms with Gasteiger partial charge >= 0.3 is 0 Å². The predicted octanol–water partition coefficient (Wildman–Crippen LogP) is 0.754. The summed E-state index contributed by atoms with van der Waals surface area (Å²) in [7, 11) is 3.74. The third kappa shape index (κ3) is 2.92. The van der Waals surface area contributed by atoms with Crippen molar-refractivity contribution in [1.82, 2.24) is 14.7 Å². The van der Waals surface area contributed by atoms with Gasteiger partial charge in [-0.2, -0.15) is 0 Å². The highest BCUT2D eigenvalue weighted by Crippen LogP contribution is 2.16. The van der Waals surface area contributed by atoms with Crippen LogP contribution in [0.4, 0.5) is 0 Å². The molecule has 3 rings (SSSR count). The van der Waals surface area contributed by atoms with E-state index < -0.39 is 0 Å². The summed E-state index contributed by atoms with van der Waals surface area (Å²) < 4.78 is 5.14. The van der Waals surface area contributed by atoms with E-state index in [0.717, 1.165) is 37.9 Å². The number of piperazine rings is 1. The summed E-state index contributed by atoms with van der Waals surface area (Å²) >= 11 is 0. The maximum absolute atomic E-state index is 12.7. The fraction of sp³-hybridized carbons (Fsp3) is 0.500. The van der Waals surface area contributed by atoms with Gasteiger partial charge in [-0.25, -0.2) is 0 Å². The van der Waals surface area contributed by atoms with Crippen molar-refractivity contribution in [2.75, 3.05) is 53.4 Å². The Morgan fingerprint density at radius 1 is 1.09 bits per heavy atom. The second-order valence-corrected chi connectivity index (χ2v) is 5.66. The standard InChI is InChI=1S/C16H22N4O2/c1-18-9-11-19(12-10-18)16-17-7-8-20(16)15(21)13-3-5-14(22-2)6-4-13/h3-6H,7-12H2,1-2H3. The fourth-order valence-corrected chi connectivity index (χ4v) is 2.79. The second-order valence-electron chi connectivity index (χ2n) is 5.66. The molecule has 0 bridgehead atoms. The molecule has 0 spiro atoms. The minimum atomic E-state index is 0.0119. The van der Waals surface area contributed by atoms with E-state index in [0.29, 0.717) is 18.7 Å². The van der Waals surface area contributed by atoms with Gasteiger partial charge in [-0.3, -0.25) is 14.7 Å². The number of hydrogen-bond acceptors (Lipinski definition) is 5. The van der Waals surface area contributed by atoms with Gasteiger partial charge < -0.3 is 14.5 Å². The number of nitrogens with zero attached hydrogens (tertiary/aromatic N) is 4. The van der Waals surface area contributed by atoms with Gasteiger partial charge in [-0.05, 0) is 31.3 Å². The molecule has 2 aliphatic rings. The average molecular weight is 302 g/mol. The van der Waals surface area contributed by atoms with Gasteiger partial charge in [0.25, 0.3) is 5.91 Å². The van der Waals surface area contributed by atoms with Crippen LogP contribution in [0.3, 0.4) is 0 Å². The van der Waals surface area contributed by atoms with Crippen LogP contribution in [0.1, 0.15) is 10.4 Å². The van der Waals surface area contributed by atoms with E-state index in [2.05, 4.69) is 21.8 Å². The van der Waals surface area contributed by atoms with Crippen molar-refractivity contribution in [2.45, 2.75) is 0 Å². The fourth-order valence-electron chi connectivity index (χ4n) is 2.79. The first-order chi connectivity index (χ1) is 10.7. The molecule has 1 amide bonds. The average Bonchev–Trinajstić information content (AvgIpc) is 3.04. The van der Waals surface area contributed by atoms with E-state index in [-0.39, 0.29) is 5.91 Å². The van der Waals surface area contributed by atoms with Crippen molar-refractivity contribution >= 4 is 11.9 Å². The van der Waals surface area contributed by atoms with E-state index in [9.17, 15) is 4.79 Å². The van der Waals surface area contributed by atoms with Gasteiger partial charge in [0.15, 0.2) is 0 Å². The number of hydrogen-bond donors (Lipinski definition) is 0. The maximum Gasteiger partial charge on any atom is 0.260 e. The van der Waals surface area contributed by atoms with Crippen molar-refractivity contribution in [1.29, 1.82) is 0 Å². The highest BCUT2D eigenvalue weighted by atomic mass is 16.5. The predicted molar refractivity (Wildman–Crippen MR) is 85.4 cm³/mol. The van der Waals surface area contributed by atoms with Crippen LogP contribution in [-0.2, 0) is 0 Å². The summed E-state index contributed by atoms with van der Waals surface area (Å²) in [5.41, 5.74) is 0.671. The van der Waals surface area contributed by atoms with Crippen LogP contribution < -0.4 is 4.74 Å². The summed E-state index contributed by atoms with van der Waals surface area (Å²) in [4.78, 5) is 23.6. The molecule has 0 unspecified atom stereocenters. The molecule has 22 heavy (non-hydrogen) atoms. The number of ether oxygens (including phenoxy) is 1. The Morgan fingerprint density at radius 3 is 2.41 bits per heavy atom. The van der Waals surface area contributed by atoms with E-state index >= 15 is 0 Å².